The van der Waals surface area contributed by atoms with Gasteiger partial charge in [0.15, 0.2) is 5.65 Å². The molecule has 0 amide bonds. The maximum absolute atomic E-state index is 5.56. The predicted molar refractivity (Wildman–Crippen MR) is 76.7 cm³/mol. The highest BCUT2D eigenvalue weighted by atomic mass is 16.5. The van der Waals surface area contributed by atoms with Gasteiger partial charge in [-0.25, -0.2) is 9.97 Å². The van der Waals surface area contributed by atoms with Gasteiger partial charge in [-0.1, -0.05) is 0 Å². The topological polar surface area (TPSA) is 52.0 Å². The molecule has 0 aromatic carbocycles. The molecule has 0 saturated carbocycles. The molecule has 2 aromatic heterocycles. The standard InChI is InChI=1S/C15H20N4O/c1-3-11(16-6-1)9-14-18-13-4-2-7-17-15(13)19(14)12-5-8-20-10-12/h2,4,7,11-12,16H,1,3,5-6,8-10H2. The van der Waals surface area contributed by atoms with E-state index in [4.69, 9.17) is 9.72 Å². The summed E-state index contributed by atoms with van der Waals surface area (Å²) >= 11 is 0. The summed E-state index contributed by atoms with van der Waals surface area (Å²) in [5, 5.41) is 3.56. The lowest BCUT2D eigenvalue weighted by Gasteiger charge is -2.16. The average Bonchev–Trinajstić information content (AvgIpc) is 3.18. The van der Waals surface area contributed by atoms with Crippen LogP contribution in [0.25, 0.3) is 11.2 Å². The molecule has 2 aliphatic heterocycles. The molecule has 2 atom stereocenters. The zero-order valence-electron chi connectivity index (χ0n) is 11.6. The highest BCUT2D eigenvalue weighted by Crippen LogP contribution is 2.27. The van der Waals surface area contributed by atoms with Crippen molar-refractivity contribution in [1.29, 1.82) is 0 Å². The van der Waals surface area contributed by atoms with Gasteiger partial charge >= 0.3 is 0 Å². The maximum Gasteiger partial charge on any atom is 0.160 e. The first-order valence-electron chi connectivity index (χ1n) is 7.55. The second-order valence-electron chi connectivity index (χ2n) is 5.76. The molecule has 4 rings (SSSR count). The Morgan fingerprint density at radius 2 is 2.40 bits per heavy atom. The summed E-state index contributed by atoms with van der Waals surface area (Å²) in [6.07, 6.45) is 6.43. The summed E-state index contributed by atoms with van der Waals surface area (Å²) < 4.78 is 7.88. The summed E-state index contributed by atoms with van der Waals surface area (Å²) in [7, 11) is 0. The second kappa shape index (κ2) is 5.14. The van der Waals surface area contributed by atoms with Crippen LogP contribution in [0, 0.1) is 0 Å². The minimum Gasteiger partial charge on any atom is -0.379 e. The quantitative estimate of drug-likeness (QED) is 0.924. The number of rotatable bonds is 3. The van der Waals surface area contributed by atoms with Crippen LogP contribution >= 0.6 is 0 Å². The van der Waals surface area contributed by atoms with Gasteiger partial charge in [0.05, 0.1) is 12.6 Å². The van der Waals surface area contributed by atoms with E-state index in [0.29, 0.717) is 12.1 Å². The monoisotopic (exact) mass is 272 g/mol. The van der Waals surface area contributed by atoms with Gasteiger partial charge in [-0.2, -0.15) is 0 Å². The SMILES string of the molecule is c1cnc2c(c1)nc(CC1CCCN1)n2C1CCOC1. The summed E-state index contributed by atoms with van der Waals surface area (Å²) in [6.45, 7) is 2.76. The highest BCUT2D eigenvalue weighted by molar-refractivity contribution is 5.71. The Hall–Kier alpha value is -1.46. The minimum absolute atomic E-state index is 0.395. The number of hydrogen-bond donors (Lipinski definition) is 1. The predicted octanol–water partition coefficient (Wildman–Crippen LogP) is 1.69. The van der Waals surface area contributed by atoms with Gasteiger partial charge in [-0.05, 0) is 37.9 Å². The molecule has 0 spiro atoms. The lowest BCUT2D eigenvalue weighted by molar-refractivity contribution is 0.186. The summed E-state index contributed by atoms with van der Waals surface area (Å²) in [4.78, 5) is 9.37. The fourth-order valence-electron chi connectivity index (χ4n) is 3.38. The molecule has 0 bridgehead atoms. The smallest absolute Gasteiger partial charge is 0.160 e. The third kappa shape index (κ3) is 2.11. The molecule has 5 nitrogen and oxygen atoms in total. The average molecular weight is 272 g/mol. The van der Waals surface area contributed by atoms with Gasteiger partial charge in [-0.3, -0.25) is 0 Å². The molecule has 5 heteroatoms. The molecule has 2 unspecified atom stereocenters. The van der Waals surface area contributed by atoms with E-state index >= 15 is 0 Å². The molecular formula is C15H20N4O. The molecule has 0 aliphatic carbocycles. The summed E-state index contributed by atoms with van der Waals surface area (Å²) in [5.74, 6) is 1.16. The van der Waals surface area contributed by atoms with Crippen molar-refractivity contribution in [3.63, 3.8) is 0 Å². The Kier molecular flexibility index (Phi) is 3.16. The number of fused-ring (bicyclic) bond motifs is 1. The molecule has 20 heavy (non-hydrogen) atoms. The number of imidazole rings is 1. The Balaban J connectivity index is 1.74. The van der Waals surface area contributed by atoms with Gasteiger partial charge in [0.2, 0.25) is 0 Å². The number of aromatic nitrogens is 3. The van der Waals surface area contributed by atoms with Crippen molar-refractivity contribution in [2.45, 2.75) is 37.8 Å². The van der Waals surface area contributed by atoms with E-state index in [1.165, 1.54) is 12.8 Å². The van der Waals surface area contributed by atoms with Crippen LogP contribution in [0.2, 0.25) is 0 Å². The third-order valence-corrected chi connectivity index (χ3v) is 4.38. The van der Waals surface area contributed by atoms with Crippen LogP contribution in [0.4, 0.5) is 0 Å². The molecular weight excluding hydrogens is 252 g/mol. The molecule has 2 saturated heterocycles. The molecule has 2 aromatic rings. The first kappa shape index (κ1) is 12.3. The molecule has 4 heterocycles. The van der Waals surface area contributed by atoms with Gasteiger partial charge < -0.3 is 14.6 Å². The Labute approximate surface area is 118 Å². The van der Waals surface area contributed by atoms with Crippen molar-refractivity contribution in [3.05, 3.63) is 24.2 Å². The van der Waals surface area contributed by atoms with Crippen molar-refractivity contribution >= 4 is 11.2 Å². The van der Waals surface area contributed by atoms with E-state index < -0.39 is 0 Å². The van der Waals surface area contributed by atoms with Crippen LogP contribution in [0.15, 0.2) is 18.3 Å². The summed E-state index contributed by atoms with van der Waals surface area (Å²) in [5.41, 5.74) is 2.02. The highest BCUT2D eigenvalue weighted by Gasteiger charge is 2.26. The van der Waals surface area contributed by atoms with Crippen molar-refractivity contribution < 1.29 is 4.74 Å². The third-order valence-electron chi connectivity index (χ3n) is 4.38. The first-order chi connectivity index (χ1) is 9.92. The zero-order valence-corrected chi connectivity index (χ0v) is 11.6. The Morgan fingerprint density at radius 1 is 1.40 bits per heavy atom. The molecule has 2 fully saturated rings. The largest absolute Gasteiger partial charge is 0.379 e. The van der Waals surface area contributed by atoms with Crippen molar-refractivity contribution in [3.8, 4) is 0 Å². The number of nitrogens with zero attached hydrogens (tertiary/aromatic N) is 3. The number of nitrogens with one attached hydrogen (secondary N) is 1. The van der Waals surface area contributed by atoms with E-state index in [1.807, 2.05) is 12.3 Å². The van der Waals surface area contributed by atoms with Crippen LogP contribution in [0.3, 0.4) is 0 Å². The van der Waals surface area contributed by atoms with Crippen LogP contribution in [0.5, 0.6) is 0 Å². The number of ether oxygens (including phenoxy) is 1. The van der Waals surface area contributed by atoms with E-state index in [-0.39, 0.29) is 0 Å². The van der Waals surface area contributed by atoms with Gasteiger partial charge in [0, 0.05) is 25.3 Å². The van der Waals surface area contributed by atoms with Gasteiger partial charge in [-0.15, -0.1) is 0 Å². The van der Waals surface area contributed by atoms with Gasteiger partial charge in [0.1, 0.15) is 11.3 Å². The van der Waals surface area contributed by atoms with Crippen molar-refractivity contribution in [2.24, 2.45) is 0 Å². The fraction of sp³-hybridized carbons (Fsp3) is 0.600. The Bertz CT molecular complexity index is 597. The molecule has 106 valence electrons. The van der Waals surface area contributed by atoms with Crippen LogP contribution < -0.4 is 5.32 Å². The van der Waals surface area contributed by atoms with E-state index in [9.17, 15) is 0 Å². The lowest BCUT2D eigenvalue weighted by atomic mass is 10.1. The zero-order chi connectivity index (χ0) is 13.4. The van der Waals surface area contributed by atoms with Crippen LogP contribution in [0.1, 0.15) is 31.1 Å². The number of pyridine rings is 1. The lowest BCUT2D eigenvalue weighted by Crippen LogP contribution is -2.26. The van der Waals surface area contributed by atoms with E-state index in [1.54, 1.807) is 0 Å². The number of hydrogen-bond acceptors (Lipinski definition) is 4. The van der Waals surface area contributed by atoms with E-state index in [2.05, 4.69) is 20.9 Å². The van der Waals surface area contributed by atoms with Crippen molar-refractivity contribution in [2.75, 3.05) is 19.8 Å². The van der Waals surface area contributed by atoms with Crippen molar-refractivity contribution in [1.82, 2.24) is 19.9 Å². The maximum atomic E-state index is 5.56. The molecule has 2 aliphatic rings. The Morgan fingerprint density at radius 3 is 3.20 bits per heavy atom. The van der Waals surface area contributed by atoms with Gasteiger partial charge in [0.25, 0.3) is 0 Å². The summed E-state index contributed by atoms with van der Waals surface area (Å²) in [6, 6.07) is 4.97. The second-order valence-corrected chi connectivity index (χ2v) is 5.76. The molecule has 1 N–H and O–H groups in total. The fourth-order valence-corrected chi connectivity index (χ4v) is 3.38. The van der Waals surface area contributed by atoms with Crippen LogP contribution in [-0.2, 0) is 11.2 Å². The van der Waals surface area contributed by atoms with Crippen LogP contribution in [-0.4, -0.2) is 40.3 Å². The minimum atomic E-state index is 0.395. The molecule has 0 radical (unpaired) electrons. The first-order valence-corrected chi connectivity index (χ1v) is 7.55. The van der Waals surface area contributed by atoms with E-state index in [0.717, 1.165) is 49.6 Å². The normalized spacial score (nSPS) is 26.6.